The number of nitrogens with one attached hydrogen (secondary N) is 1. The van der Waals surface area contributed by atoms with E-state index in [1.165, 1.54) is 24.7 Å². The maximum Gasteiger partial charge on any atom is 0.262 e. The normalized spacial score (nSPS) is 15.1. The second-order valence-corrected chi connectivity index (χ2v) is 4.64. The van der Waals surface area contributed by atoms with Crippen molar-refractivity contribution in [2.75, 3.05) is 0 Å². The van der Waals surface area contributed by atoms with Crippen molar-refractivity contribution in [3.8, 4) is 0 Å². The number of fused-ring (bicyclic) bond motifs is 1. The van der Waals surface area contributed by atoms with Crippen LogP contribution in [0.25, 0.3) is 0 Å². The lowest BCUT2D eigenvalue weighted by Crippen LogP contribution is -2.51. The first-order valence-electron chi connectivity index (χ1n) is 6.24. The van der Waals surface area contributed by atoms with Gasteiger partial charge in [-0.3, -0.25) is 14.5 Å². The van der Waals surface area contributed by atoms with Crippen molar-refractivity contribution in [1.29, 1.82) is 0 Å². The van der Waals surface area contributed by atoms with Gasteiger partial charge in [0, 0.05) is 18.3 Å². The Bertz CT molecular complexity index is 689. The van der Waals surface area contributed by atoms with Crippen molar-refractivity contribution >= 4 is 17.8 Å². The van der Waals surface area contributed by atoms with Crippen molar-refractivity contribution < 1.29 is 19.5 Å². The first-order chi connectivity index (χ1) is 10.1. The second-order valence-electron chi connectivity index (χ2n) is 4.64. The Hall–Kier alpha value is -2.96. The van der Waals surface area contributed by atoms with Crippen molar-refractivity contribution in [2.45, 2.75) is 12.5 Å². The summed E-state index contributed by atoms with van der Waals surface area (Å²) in [6.07, 6.45) is 2.76. The zero-order chi connectivity index (χ0) is 15.0. The van der Waals surface area contributed by atoms with Gasteiger partial charge in [-0.1, -0.05) is 12.1 Å². The molecule has 7 nitrogen and oxygen atoms in total. The molecule has 106 valence electrons. The number of aromatic nitrogens is 2. The summed E-state index contributed by atoms with van der Waals surface area (Å²) in [5.74, 6) is -2.73. The van der Waals surface area contributed by atoms with Crippen LogP contribution in [0.5, 0.6) is 0 Å². The lowest BCUT2D eigenvalue weighted by atomic mass is 10.1. The van der Waals surface area contributed by atoms with Gasteiger partial charge in [-0.05, 0) is 12.1 Å². The van der Waals surface area contributed by atoms with Crippen molar-refractivity contribution in [1.82, 2.24) is 14.9 Å². The molecule has 0 bridgehead atoms. The molecule has 21 heavy (non-hydrogen) atoms. The fraction of sp³-hybridized carbons (Fsp3) is 0.143. The summed E-state index contributed by atoms with van der Waals surface area (Å²) in [5, 5.41) is 11.4. The molecular weight excluding hydrogens is 274 g/mol. The Morgan fingerprint density at radius 3 is 2.33 bits per heavy atom. The lowest BCUT2D eigenvalue weighted by molar-refractivity contribution is -0.310. The maximum atomic E-state index is 12.3. The van der Waals surface area contributed by atoms with Gasteiger partial charge in [0.25, 0.3) is 11.8 Å². The molecular formula is C14H10N3O4-. The Balaban J connectivity index is 1.96. The quantitative estimate of drug-likeness (QED) is 0.752. The smallest absolute Gasteiger partial charge is 0.262 e. The molecule has 0 spiro atoms. The van der Waals surface area contributed by atoms with E-state index < -0.39 is 23.8 Å². The minimum Gasteiger partial charge on any atom is -0.548 e. The number of imide groups is 1. The number of aromatic amines is 1. The average Bonchev–Trinajstić information content (AvgIpc) is 3.06. The number of hydrogen-bond acceptors (Lipinski definition) is 5. The number of imidazole rings is 1. The molecule has 0 radical (unpaired) electrons. The van der Waals surface area contributed by atoms with Crippen LogP contribution in [-0.2, 0) is 11.2 Å². The van der Waals surface area contributed by atoms with Crippen molar-refractivity contribution in [3.63, 3.8) is 0 Å². The summed E-state index contributed by atoms with van der Waals surface area (Å²) >= 11 is 0. The number of hydrogen-bond donors (Lipinski definition) is 1. The third kappa shape index (κ3) is 2.08. The van der Waals surface area contributed by atoms with Crippen LogP contribution >= 0.6 is 0 Å². The van der Waals surface area contributed by atoms with Gasteiger partial charge in [0.05, 0.1) is 29.5 Å². The monoisotopic (exact) mass is 284 g/mol. The molecule has 1 aliphatic heterocycles. The van der Waals surface area contributed by atoms with Crippen molar-refractivity contribution in [2.24, 2.45) is 0 Å². The molecule has 2 aromatic rings. The number of benzene rings is 1. The second kappa shape index (κ2) is 4.86. The van der Waals surface area contributed by atoms with E-state index in [1.807, 2.05) is 0 Å². The molecule has 0 aliphatic carbocycles. The van der Waals surface area contributed by atoms with Crippen LogP contribution in [0.4, 0.5) is 0 Å². The molecule has 1 unspecified atom stereocenters. The van der Waals surface area contributed by atoms with Crippen LogP contribution in [-0.4, -0.2) is 38.7 Å². The van der Waals surface area contributed by atoms with Gasteiger partial charge in [0.15, 0.2) is 0 Å². The zero-order valence-corrected chi connectivity index (χ0v) is 10.8. The van der Waals surface area contributed by atoms with Gasteiger partial charge in [-0.25, -0.2) is 4.98 Å². The highest BCUT2D eigenvalue weighted by molar-refractivity contribution is 6.22. The van der Waals surface area contributed by atoms with Crippen LogP contribution in [0.15, 0.2) is 36.8 Å². The number of nitrogens with zero attached hydrogens (tertiary/aromatic N) is 2. The van der Waals surface area contributed by atoms with E-state index in [-0.39, 0.29) is 17.5 Å². The molecule has 0 saturated carbocycles. The van der Waals surface area contributed by atoms with Gasteiger partial charge in [-0.2, -0.15) is 0 Å². The number of aliphatic carboxylic acids is 1. The molecule has 2 heterocycles. The van der Waals surface area contributed by atoms with E-state index in [1.54, 1.807) is 12.1 Å². The minimum absolute atomic E-state index is 0.0756. The average molecular weight is 284 g/mol. The summed E-state index contributed by atoms with van der Waals surface area (Å²) in [5.41, 5.74) is 0.914. The van der Waals surface area contributed by atoms with E-state index >= 15 is 0 Å². The summed E-state index contributed by atoms with van der Waals surface area (Å²) in [4.78, 5) is 43.2. The number of carbonyl (C=O) groups excluding carboxylic acids is 3. The van der Waals surface area contributed by atoms with Gasteiger partial charge >= 0.3 is 0 Å². The fourth-order valence-corrected chi connectivity index (χ4v) is 2.38. The van der Waals surface area contributed by atoms with Crippen LogP contribution in [0.2, 0.25) is 0 Å². The van der Waals surface area contributed by atoms with E-state index in [2.05, 4.69) is 9.97 Å². The third-order valence-corrected chi connectivity index (χ3v) is 3.38. The molecule has 1 aromatic carbocycles. The van der Waals surface area contributed by atoms with Gasteiger partial charge < -0.3 is 14.9 Å². The molecule has 0 saturated heterocycles. The summed E-state index contributed by atoms with van der Waals surface area (Å²) in [6, 6.07) is 4.86. The molecule has 1 atom stereocenters. The predicted molar refractivity (Wildman–Crippen MR) is 68.0 cm³/mol. The van der Waals surface area contributed by atoms with E-state index in [9.17, 15) is 19.5 Å². The number of H-pyrrole nitrogens is 1. The Morgan fingerprint density at radius 1 is 1.24 bits per heavy atom. The molecule has 0 fully saturated rings. The SMILES string of the molecule is O=C([O-])C(Cc1cnc[nH]1)N1C(=O)c2ccccc2C1=O. The van der Waals surface area contributed by atoms with Crippen LogP contribution < -0.4 is 5.11 Å². The molecule has 1 N–H and O–H groups in total. The minimum atomic E-state index is -1.49. The number of amides is 2. The Labute approximate surface area is 119 Å². The van der Waals surface area contributed by atoms with Crippen LogP contribution in [0, 0.1) is 0 Å². The largest absolute Gasteiger partial charge is 0.548 e. The van der Waals surface area contributed by atoms with Gasteiger partial charge in [0.2, 0.25) is 0 Å². The highest BCUT2D eigenvalue weighted by atomic mass is 16.4. The molecule has 2 amide bonds. The topological polar surface area (TPSA) is 106 Å². The highest BCUT2D eigenvalue weighted by Gasteiger charge is 2.40. The standard InChI is InChI=1S/C14H11N3O4/c18-12-9-3-1-2-4-10(9)13(19)17(12)11(14(20)21)5-8-6-15-7-16-8/h1-4,6-7,11H,5H2,(H,15,16)(H,20,21)/p-1. The van der Waals surface area contributed by atoms with Crippen LogP contribution in [0.3, 0.4) is 0 Å². The van der Waals surface area contributed by atoms with E-state index in [0.29, 0.717) is 5.69 Å². The van der Waals surface area contributed by atoms with E-state index in [0.717, 1.165) is 4.90 Å². The number of carbonyl (C=O) groups is 3. The summed E-state index contributed by atoms with van der Waals surface area (Å²) in [6.45, 7) is 0. The van der Waals surface area contributed by atoms with Crippen LogP contribution in [0.1, 0.15) is 26.4 Å². The van der Waals surface area contributed by atoms with Gasteiger partial charge in [0.1, 0.15) is 0 Å². The fourth-order valence-electron chi connectivity index (χ4n) is 2.38. The maximum absolute atomic E-state index is 12.3. The zero-order valence-electron chi connectivity index (χ0n) is 10.8. The lowest BCUT2D eigenvalue weighted by Gasteiger charge is -2.26. The van der Waals surface area contributed by atoms with Gasteiger partial charge in [-0.15, -0.1) is 0 Å². The first kappa shape index (κ1) is 13.0. The predicted octanol–water partition coefficient (Wildman–Crippen LogP) is -0.633. The molecule has 3 rings (SSSR count). The molecule has 7 heteroatoms. The molecule has 1 aromatic heterocycles. The number of rotatable bonds is 4. The number of carboxylic acids is 1. The Morgan fingerprint density at radius 2 is 1.86 bits per heavy atom. The first-order valence-corrected chi connectivity index (χ1v) is 6.24. The van der Waals surface area contributed by atoms with E-state index in [4.69, 9.17) is 0 Å². The highest BCUT2D eigenvalue weighted by Crippen LogP contribution is 2.25. The summed E-state index contributed by atoms with van der Waals surface area (Å²) in [7, 11) is 0. The Kier molecular flexibility index (Phi) is 3.02. The molecule has 1 aliphatic rings. The van der Waals surface area contributed by atoms with Crippen molar-refractivity contribution in [3.05, 3.63) is 53.6 Å². The third-order valence-electron chi connectivity index (χ3n) is 3.38. The number of carboxylic acid groups (broad SMARTS) is 1. The summed E-state index contributed by atoms with van der Waals surface area (Å²) < 4.78 is 0.